The summed E-state index contributed by atoms with van der Waals surface area (Å²) >= 11 is 5.95. The maximum Gasteiger partial charge on any atom is 0.342 e. The fourth-order valence-electron chi connectivity index (χ4n) is 2.56. The van der Waals surface area contributed by atoms with Gasteiger partial charge < -0.3 is 20.1 Å². The highest BCUT2D eigenvalue weighted by Crippen LogP contribution is 2.32. The van der Waals surface area contributed by atoms with Crippen LogP contribution in [0.5, 0.6) is 5.75 Å². The van der Waals surface area contributed by atoms with Gasteiger partial charge in [-0.25, -0.2) is 4.79 Å². The van der Waals surface area contributed by atoms with Crippen molar-refractivity contribution < 1.29 is 24.0 Å². The fourth-order valence-corrected chi connectivity index (χ4v) is 2.78. The highest BCUT2D eigenvalue weighted by molar-refractivity contribution is 6.34. The van der Waals surface area contributed by atoms with Crippen LogP contribution in [0.15, 0.2) is 36.4 Å². The summed E-state index contributed by atoms with van der Waals surface area (Å²) in [6, 6.07) is 8.63. The third-order valence-corrected chi connectivity index (χ3v) is 4.29. The first-order valence-corrected chi connectivity index (χ1v) is 8.70. The van der Waals surface area contributed by atoms with Gasteiger partial charge >= 0.3 is 5.97 Å². The summed E-state index contributed by atoms with van der Waals surface area (Å²) in [4.78, 5) is 34.9. The number of nitro benzene ring substituents is 1. The van der Waals surface area contributed by atoms with Crippen molar-refractivity contribution in [1.29, 1.82) is 0 Å². The molecule has 0 spiro atoms. The van der Waals surface area contributed by atoms with E-state index in [4.69, 9.17) is 21.1 Å². The SMILES string of the molecule is C[C@H](OC(=O)c1cccc2c1OCCN2)C(=O)Nc1ccc([N+](=O)[O-])cc1Cl. The first kappa shape index (κ1) is 19.4. The topological polar surface area (TPSA) is 120 Å². The van der Waals surface area contributed by atoms with Crippen molar-refractivity contribution >= 4 is 40.5 Å². The van der Waals surface area contributed by atoms with Crippen molar-refractivity contribution in [3.8, 4) is 5.75 Å². The molecule has 0 aromatic heterocycles. The van der Waals surface area contributed by atoms with E-state index in [2.05, 4.69) is 10.6 Å². The minimum absolute atomic E-state index is 0.00215. The van der Waals surface area contributed by atoms with Gasteiger partial charge in [-0.05, 0) is 25.1 Å². The number of esters is 1. The molecule has 10 heteroatoms. The molecule has 0 unspecified atom stereocenters. The summed E-state index contributed by atoms with van der Waals surface area (Å²) in [5, 5.41) is 16.3. The van der Waals surface area contributed by atoms with Crippen LogP contribution < -0.4 is 15.4 Å². The summed E-state index contributed by atoms with van der Waals surface area (Å²) in [5.74, 6) is -0.962. The average Bonchev–Trinajstić information content (AvgIpc) is 2.68. The molecule has 0 saturated heterocycles. The Morgan fingerprint density at radius 3 is 2.86 bits per heavy atom. The molecule has 1 aliphatic heterocycles. The second-order valence-corrected chi connectivity index (χ2v) is 6.32. The number of para-hydroxylation sites is 1. The van der Waals surface area contributed by atoms with E-state index in [1.165, 1.54) is 19.1 Å². The summed E-state index contributed by atoms with van der Waals surface area (Å²) in [7, 11) is 0. The van der Waals surface area contributed by atoms with Crippen LogP contribution in [0.2, 0.25) is 5.02 Å². The number of benzene rings is 2. The Balaban J connectivity index is 1.68. The Bertz CT molecular complexity index is 949. The number of nitrogens with one attached hydrogen (secondary N) is 2. The van der Waals surface area contributed by atoms with Crippen LogP contribution >= 0.6 is 11.6 Å². The minimum atomic E-state index is -1.13. The van der Waals surface area contributed by atoms with Gasteiger partial charge in [0.25, 0.3) is 11.6 Å². The number of carbonyl (C=O) groups is 2. The van der Waals surface area contributed by atoms with E-state index in [0.29, 0.717) is 24.6 Å². The molecule has 0 aliphatic carbocycles. The Morgan fingerprint density at radius 1 is 1.36 bits per heavy atom. The smallest absolute Gasteiger partial charge is 0.342 e. The number of fused-ring (bicyclic) bond motifs is 1. The van der Waals surface area contributed by atoms with Crippen LogP contribution in [-0.4, -0.2) is 36.1 Å². The monoisotopic (exact) mass is 405 g/mol. The van der Waals surface area contributed by atoms with Gasteiger partial charge in [0.05, 0.1) is 21.3 Å². The molecular weight excluding hydrogens is 390 g/mol. The number of amides is 1. The van der Waals surface area contributed by atoms with Gasteiger partial charge in [0.15, 0.2) is 11.9 Å². The van der Waals surface area contributed by atoms with Gasteiger partial charge in [-0.2, -0.15) is 0 Å². The maximum absolute atomic E-state index is 12.5. The van der Waals surface area contributed by atoms with Gasteiger partial charge in [0, 0.05) is 18.7 Å². The van der Waals surface area contributed by atoms with E-state index in [-0.39, 0.29) is 22.0 Å². The van der Waals surface area contributed by atoms with Crippen LogP contribution in [0, 0.1) is 10.1 Å². The maximum atomic E-state index is 12.5. The third-order valence-electron chi connectivity index (χ3n) is 3.97. The van der Waals surface area contributed by atoms with Crippen molar-refractivity contribution in [1.82, 2.24) is 0 Å². The number of hydrogen-bond acceptors (Lipinski definition) is 7. The van der Waals surface area contributed by atoms with E-state index in [1.807, 2.05) is 0 Å². The number of nitro groups is 1. The zero-order valence-corrected chi connectivity index (χ0v) is 15.5. The molecule has 0 bridgehead atoms. The van der Waals surface area contributed by atoms with Crippen LogP contribution in [0.4, 0.5) is 17.1 Å². The van der Waals surface area contributed by atoms with Crippen molar-refractivity contribution in [2.45, 2.75) is 13.0 Å². The second kappa shape index (κ2) is 8.13. The summed E-state index contributed by atoms with van der Waals surface area (Å²) < 4.78 is 10.8. The number of halogens is 1. The quantitative estimate of drug-likeness (QED) is 0.445. The Labute approximate surface area is 164 Å². The molecule has 1 aliphatic rings. The fraction of sp³-hybridized carbons (Fsp3) is 0.222. The molecule has 146 valence electrons. The third kappa shape index (κ3) is 4.15. The number of nitrogens with zero attached hydrogens (tertiary/aromatic N) is 1. The molecule has 0 saturated carbocycles. The minimum Gasteiger partial charge on any atom is -0.489 e. The predicted octanol–water partition coefficient (Wildman–Crippen LogP) is 3.24. The van der Waals surface area contributed by atoms with Crippen LogP contribution in [0.25, 0.3) is 0 Å². The van der Waals surface area contributed by atoms with Gasteiger partial charge in [0.2, 0.25) is 0 Å². The largest absolute Gasteiger partial charge is 0.489 e. The van der Waals surface area contributed by atoms with E-state index < -0.39 is 22.9 Å². The lowest BCUT2D eigenvalue weighted by molar-refractivity contribution is -0.384. The number of non-ortho nitro benzene ring substituents is 1. The first-order chi connectivity index (χ1) is 13.4. The van der Waals surface area contributed by atoms with Gasteiger partial charge in [0.1, 0.15) is 12.2 Å². The molecule has 3 rings (SSSR count). The van der Waals surface area contributed by atoms with Crippen LogP contribution in [0.1, 0.15) is 17.3 Å². The molecule has 2 N–H and O–H groups in total. The number of ether oxygens (including phenoxy) is 2. The lowest BCUT2D eigenvalue weighted by Gasteiger charge is -2.21. The summed E-state index contributed by atoms with van der Waals surface area (Å²) in [5.41, 5.74) is 0.850. The van der Waals surface area contributed by atoms with E-state index in [9.17, 15) is 19.7 Å². The highest BCUT2D eigenvalue weighted by Gasteiger charge is 2.25. The first-order valence-electron chi connectivity index (χ1n) is 8.32. The van der Waals surface area contributed by atoms with Crippen molar-refractivity contribution in [2.24, 2.45) is 0 Å². The zero-order chi connectivity index (χ0) is 20.3. The Kier molecular flexibility index (Phi) is 5.65. The van der Waals surface area contributed by atoms with E-state index in [0.717, 1.165) is 6.07 Å². The van der Waals surface area contributed by atoms with Crippen molar-refractivity contribution in [2.75, 3.05) is 23.8 Å². The standard InChI is InChI=1S/C18H16ClN3O6/c1-10(17(23)21-14-6-5-11(22(25)26)9-13(14)19)28-18(24)12-3-2-4-15-16(12)27-8-7-20-15/h2-6,9-10,20H,7-8H2,1H3,(H,21,23)/t10-/m0/s1. The van der Waals surface area contributed by atoms with Crippen LogP contribution in [-0.2, 0) is 9.53 Å². The molecule has 1 amide bonds. The molecule has 2 aromatic rings. The molecule has 28 heavy (non-hydrogen) atoms. The number of anilines is 2. The molecular formula is C18H16ClN3O6. The number of hydrogen-bond donors (Lipinski definition) is 2. The van der Waals surface area contributed by atoms with Gasteiger partial charge in [-0.15, -0.1) is 0 Å². The Hall–Kier alpha value is -3.33. The normalized spacial score (nSPS) is 13.4. The van der Waals surface area contributed by atoms with Gasteiger partial charge in [-0.3, -0.25) is 14.9 Å². The molecule has 1 heterocycles. The average molecular weight is 406 g/mol. The van der Waals surface area contributed by atoms with E-state index >= 15 is 0 Å². The van der Waals surface area contributed by atoms with E-state index in [1.54, 1.807) is 18.2 Å². The molecule has 9 nitrogen and oxygen atoms in total. The Morgan fingerprint density at radius 2 is 2.14 bits per heavy atom. The molecule has 0 fully saturated rings. The van der Waals surface area contributed by atoms with Crippen molar-refractivity contribution in [3.05, 3.63) is 57.1 Å². The summed E-state index contributed by atoms with van der Waals surface area (Å²) in [6.07, 6.45) is -1.13. The van der Waals surface area contributed by atoms with Gasteiger partial charge in [-0.1, -0.05) is 17.7 Å². The number of rotatable bonds is 5. The summed E-state index contributed by atoms with van der Waals surface area (Å²) in [6.45, 7) is 2.44. The lowest BCUT2D eigenvalue weighted by Crippen LogP contribution is -2.30. The van der Waals surface area contributed by atoms with Crippen LogP contribution in [0.3, 0.4) is 0 Å². The second-order valence-electron chi connectivity index (χ2n) is 5.92. The molecule has 2 aromatic carbocycles. The van der Waals surface area contributed by atoms with Crippen molar-refractivity contribution in [3.63, 3.8) is 0 Å². The highest BCUT2D eigenvalue weighted by atomic mass is 35.5. The number of carbonyl (C=O) groups excluding carboxylic acids is 2. The lowest BCUT2D eigenvalue weighted by atomic mass is 10.1. The molecule has 1 atom stereocenters. The molecule has 0 radical (unpaired) electrons. The predicted molar refractivity (Wildman–Crippen MR) is 102 cm³/mol. The zero-order valence-electron chi connectivity index (χ0n) is 14.7.